The zero-order valence-electron chi connectivity index (χ0n) is 10.9. The van der Waals surface area contributed by atoms with Crippen molar-refractivity contribution in [3.05, 3.63) is 34.9 Å². The molecule has 1 unspecified atom stereocenters. The lowest BCUT2D eigenvalue weighted by atomic mass is 9.83. The zero-order valence-corrected chi connectivity index (χ0v) is 10.9. The molecule has 1 atom stereocenters. The average Bonchev–Trinajstić information content (AvgIpc) is 2.36. The normalized spacial score (nSPS) is 18.9. The topological polar surface area (TPSA) is 26.0 Å². The molecule has 3 heteroatoms. The number of halogens is 2. The van der Waals surface area contributed by atoms with Gasteiger partial charge in [-0.15, -0.1) is 0 Å². The standard InChI is InChI=1S/C15H21F2N/c1-10-7-8-12(16)14(15(10)17)13(18)9-11-5-3-2-4-6-11/h7-8,11,13H,2-6,9,18H2,1H3. The minimum atomic E-state index is -0.520. The average molecular weight is 253 g/mol. The van der Waals surface area contributed by atoms with Crippen molar-refractivity contribution in [2.75, 3.05) is 0 Å². The van der Waals surface area contributed by atoms with Crippen LogP contribution in [0.25, 0.3) is 0 Å². The lowest BCUT2D eigenvalue weighted by Crippen LogP contribution is -2.20. The molecule has 1 aliphatic rings. The number of benzene rings is 1. The van der Waals surface area contributed by atoms with E-state index in [1.165, 1.54) is 31.4 Å². The van der Waals surface area contributed by atoms with Crippen molar-refractivity contribution >= 4 is 0 Å². The van der Waals surface area contributed by atoms with Gasteiger partial charge in [-0.1, -0.05) is 38.2 Å². The minimum absolute atomic E-state index is 0.0700. The Labute approximate surface area is 107 Å². The van der Waals surface area contributed by atoms with Crippen LogP contribution in [0.2, 0.25) is 0 Å². The number of nitrogens with two attached hydrogens (primary N) is 1. The summed E-state index contributed by atoms with van der Waals surface area (Å²) in [7, 11) is 0. The zero-order chi connectivity index (χ0) is 13.1. The fourth-order valence-electron chi connectivity index (χ4n) is 2.92. The fourth-order valence-corrected chi connectivity index (χ4v) is 2.92. The molecule has 0 spiro atoms. The molecule has 1 aromatic rings. The third kappa shape index (κ3) is 2.89. The van der Waals surface area contributed by atoms with E-state index in [9.17, 15) is 8.78 Å². The molecule has 0 aliphatic heterocycles. The van der Waals surface area contributed by atoms with Crippen LogP contribution in [0.5, 0.6) is 0 Å². The van der Waals surface area contributed by atoms with E-state index in [4.69, 9.17) is 5.73 Å². The Hall–Kier alpha value is -0.960. The summed E-state index contributed by atoms with van der Waals surface area (Å²) < 4.78 is 27.7. The number of hydrogen-bond donors (Lipinski definition) is 1. The van der Waals surface area contributed by atoms with Crippen molar-refractivity contribution in [1.82, 2.24) is 0 Å². The first-order chi connectivity index (χ1) is 8.59. The first-order valence-electron chi connectivity index (χ1n) is 6.79. The summed E-state index contributed by atoms with van der Waals surface area (Å²) in [5.41, 5.74) is 6.55. The lowest BCUT2D eigenvalue weighted by Gasteiger charge is -2.25. The Morgan fingerprint density at radius 2 is 1.89 bits per heavy atom. The molecule has 2 rings (SSSR count). The predicted molar refractivity (Wildman–Crippen MR) is 69.2 cm³/mol. The summed E-state index contributed by atoms with van der Waals surface area (Å²) in [5.74, 6) is -0.465. The summed E-state index contributed by atoms with van der Waals surface area (Å²) in [5, 5.41) is 0. The van der Waals surface area contributed by atoms with Crippen molar-refractivity contribution < 1.29 is 8.78 Å². The summed E-state index contributed by atoms with van der Waals surface area (Å²) >= 11 is 0. The highest BCUT2D eigenvalue weighted by atomic mass is 19.1. The van der Waals surface area contributed by atoms with Crippen LogP contribution in [0.4, 0.5) is 8.78 Å². The maximum atomic E-state index is 13.9. The second-order valence-corrected chi connectivity index (χ2v) is 5.44. The van der Waals surface area contributed by atoms with Crippen LogP contribution in [0.15, 0.2) is 12.1 Å². The molecule has 0 aromatic heterocycles. The molecule has 1 aliphatic carbocycles. The second kappa shape index (κ2) is 5.79. The van der Waals surface area contributed by atoms with Gasteiger partial charge in [-0.05, 0) is 30.9 Å². The molecule has 1 nitrogen and oxygen atoms in total. The Balaban J connectivity index is 2.12. The molecule has 1 saturated carbocycles. The molecule has 100 valence electrons. The molecule has 0 heterocycles. The van der Waals surface area contributed by atoms with Gasteiger partial charge in [0.05, 0.1) is 0 Å². The van der Waals surface area contributed by atoms with Gasteiger partial charge < -0.3 is 5.73 Å². The Morgan fingerprint density at radius 1 is 1.22 bits per heavy atom. The van der Waals surface area contributed by atoms with Gasteiger partial charge in [0.25, 0.3) is 0 Å². The van der Waals surface area contributed by atoms with Gasteiger partial charge in [-0.2, -0.15) is 0 Å². The smallest absolute Gasteiger partial charge is 0.133 e. The molecule has 1 fully saturated rings. The first-order valence-corrected chi connectivity index (χ1v) is 6.79. The molecule has 2 N–H and O–H groups in total. The van der Waals surface area contributed by atoms with Crippen molar-refractivity contribution in [3.8, 4) is 0 Å². The summed E-state index contributed by atoms with van der Waals surface area (Å²) in [6.45, 7) is 1.64. The molecular formula is C15H21F2N. The van der Waals surface area contributed by atoms with Crippen molar-refractivity contribution in [2.24, 2.45) is 11.7 Å². The van der Waals surface area contributed by atoms with E-state index < -0.39 is 17.7 Å². The van der Waals surface area contributed by atoms with Crippen LogP contribution in [0.1, 0.15) is 55.7 Å². The van der Waals surface area contributed by atoms with Gasteiger partial charge in [0.2, 0.25) is 0 Å². The van der Waals surface area contributed by atoms with Crippen molar-refractivity contribution in [2.45, 2.75) is 51.5 Å². The third-order valence-electron chi connectivity index (χ3n) is 4.00. The molecule has 18 heavy (non-hydrogen) atoms. The van der Waals surface area contributed by atoms with Crippen LogP contribution < -0.4 is 5.73 Å². The number of aryl methyl sites for hydroxylation is 1. The quantitative estimate of drug-likeness (QED) is 0.856. The summed E-state index contributed by atoms with van der Waals surface area (Å²) in [4.78, 5) is 0. The van der Waals surface area contributed by atoms with Crippen LogP contribution >= 0.6 is 0 Å². The van der Waals surface area contributed by atoms with Crippen LogP contribution in [0.3, 0.4) is 0 Å². The van der Waals surface area contributed by atoms with Gasteiger partial charge in [-0.3, -0.25) is 0 Å². The van der Waals surface area contributed by atoms with Crippen molar-refractivity contribution in [3.63, 3.8) is 0 Å². The van der Waals surface area contributed by atoms with Gasteiger partial charge in [0.1, 0.15) is 11.6 Å². The Kier molecular flexibility index (Phi) is 4.33. The van der Waals surface area contributed by atoms with Gasteiger partial charge in [0.15, 0.2) is 0 Å². The van der Waals surface area contributed by atoms with Crippen molar-refractivity contribution in [1.29, 1.82) is 0 Å². The monoisotopic (exact) mass is 253 g/mol. The molecule has 0 radical (unpaired) electrons. The van der Waals surface area contributed by atoms with Crippen LogP contribution in [-0.4, -0.2) is 0 Å². The Bertz CT molecular complexity index is 411. The lowest BCUT2D eigenvalue weighted by molar-refractivity contribution is 0.314. The van der Waals surface area contributed by atoms with E-state index in [1.807, 2.05) is 0 Å². The van der Waals surface area contributed by atoms with E-state index in [0.29, 0.717) is 17.9 Å². The molecule has 0 saturated heterocycles. The fraction of sp³-hybridized carbons (Fsp3) is 0.600. The van der Waals surface area contributed by atoms with Gasteiger partial charge in [0, 0.05) is 11.6 Å². The maximum absolute atomic E-state index is 13.9. The predicted octanol–water partition coefficient (Wildman–Crippen LogP) is 4.24. The van der Waals surface area contributed by atoms with E-state index in [0.717, 1.165) is 12.8 Å². The molecular weight excluding hydrogens is 232 g/mol. The van der Waals surface area contributed by atoms with Gasteiger partial charge >= 0.3 is 0 Å². The van der Waals surface area contributed by atoms with E-state index >= 15 is 0 Å². The molecule has 1 aromatic carbocycles. The Morgan fingerprint density at radius 3 is 2.56 bits per heavy atom. The van der Waals surface area contributed by atoms with E-state index in [1.54, 1.807) is 6.92 Å². The highest BCUT2D eigenvalue weighted by Crippen LogP contribution is 2.32. The van der Waals surface area contributed by atoms with Gasteiger partial charge in [-0.25, -0.2) is 8.78 Å². The third-order valence-corrected chi connectivity index (χ3v) is 4.00. The molecule has 0 bridgehead atoms. The van der Waals surface area contributed by atoms with E-state index in [-0.39, 0.29) is 5.56 Å². The van der Waals surface area contributed by atoms with Crippen LogP contribution in [0, 0.1) is 24.5 Å². The van der Waals surface area contributed by atoms with Crippen LogP contribution in [-0.2, 0) is 0 Å². The maximum Gasteiger partial charge on any atom is 0.133 e. The number of hydrogen-bond acceptors (Lipinski definition) is 1. The first kappa shape index (κ1) is 13.5. The minimum Gasteiger partial charge on any atom is -0.324 e. The van der Waals surface area contributed by atoms with E-state index in [2.05, 4.69) is 0 Å². The SMILES string of the molecule is Cc1ccc(F)c(C(N)CC2CCCCC2)c1F. The number of rotatable bonds is 3. The summed E-state index contributed by atoms with van der Waals surface area (Å²) in [6.07, 6.45) is 6.69. The highest BCUT2D eigenvalue weighted by Gasteiger charge is 2.23. The largest absolute Gasteiger partial charge is 0.324 e. The summed E-state index contributed by atoms with van der Waals surface area (Å²) in [6, 6.07) is 2.25. The molecule has 0 amide bonds. The highest BCUT2D eigenvalue weighted by molar-refractivity contribution is 5.29. The second-order valence-electron chi connectivity index (χ2n) is 5.44.